The summed E-state index contributed by atoms with van der Waals surface area (Å²) in [5.74, 6) is -2.42. The van der Waals surface area contributed by atoms with Crippen LogP contribution in [-0.2, 0) is 23.6 Å². The van der Waals surface area contributed by atoms with Gasteiger partial charge in [-0.25, -0.2) is 4.39 Å². The van der Waals surface area contributed by atoms with E-state index in [4.69, 9.17) is 19.8 Å². The average Bonchev–Trinajstić information content (AvgIpc) is 3.04. The Morgan fingerprint density at radius 2 is 1.76 bits per heavy atom. The fourth-order valence-electron chi connectivity index (χ4n) is 4.29. The highest BCUT2D eigenvalue weighted by atomic mass is 19.1. The van der Waals surface area contributed by atoms with Crippen LogP contribution in [0.3, 0.4) is 0 Å². The van der Waals surface area contributed by atoms with Crippen molar-refractivity contribution in [1.29, 1.82) is 0 Å². The highest BCUT2D eigenvalue weighted by Crippen LogP contribution is 2.40. The summed E-state index contributed by atoms with van der Waals surface area (Å²) < 4.78 is 33.0. The molecule has 0 aliphatic carbocycles. The number of esters is 1. The Morgan fingerprint density at radius 1 is 1.21 bits per heavy atom. The second-order valence-electron chi connectivity index (χ2n) is 10.9. The van der Waals surface area contributed by atoms with Gasteiger partial charge in [-0.15, -0.1) is 0 Å². The monoisotopic (exact) mass is 476 g/mol. The van der Waals surface area contributed by atoms with Crippen LogP contribution in [0.4, 0.5) is 4.39 Å². The number of halogens is 1. The van der Waals surface area contributed by atoms with Crippen molar-refractivity contribution in [2.24, 2.45) is 5.73 Å². The standard InChI is InChI=1S/C24H34BFN2O6/c1-13-18-14(9-10-15(19(18)26)25-33-23(5,6)24(7,8)34-25)21(31)28(13)16(20(27)30)11-12-17(29)32-22(2,3)4/h9-10,13,16H,11-12H2,1-8H3,(H2,27,30). The van der Waals surface area contributed by atoms with Crippen molar-refractivity contribution in [2.45, 2.75) is 97.1 Å². The highest BCUT2D eigenvalue weighted by molar-refractivity contribution is 6.62. The number of nitrogens with zero attached hydrogens (tertiary/aromatic N) is 1. The van der Waals surface area contributed by atoms with Crippen LogP contribution in [0.15, 0.2) is 12.1 Å². The third-order valence-corrected chi connectivity index (χ3v) is 6.72. The summed E-state index contributed by atoms with van der Waals surface area (Å²) in [5, 5.41) is 0. The molecule has 2 heterocycles. The molecule has 34 heavy (non-hydrogen) atoms. The quantitative estimate of drug-likeness (QED) is 0.500. The maximum atomic E-state index is 15.8. The van der Waals surface area contributed by atoms with Gasteiger partial charge in [0, 0.05) is 23.0 Å². The van der Waals surface area contributed by atoms with Gasteiger partial charge in [-0.05, 0) is 67.9 Å². The van der Waals surface area contributed by atoms with E-state index in [1.165, 1.54) is 17.0 Å². The third-order valence-electron chi connectivity index (χ3n) is 6.72. The summed E-state index contributed by atoms with van der Waals surface area (Å²) in [6, 6.07) is 1.12. The maximum absolute atomic E-state index is 15.8. The molecule has 2 amide bonds. The van der Waals surface area contributed by atoms with Crippen molar-refractivity contribution < 1.29 is 32.8 Å². The molecule has 2 atom stereocenters. The molecular formula is C24H34BFN2O6. The lowest BCUT2D eigenvalue weighted by Gasteiger charge is -2.32. The number of carbonyl (C=O) groups excluding carboxylic acids is 3. The van der Waals surface area contributed by atoms with Gasteiger partial charge in [0.1, 0.15) is 17.5 Å². The molecule has 0 radical (unpaired) electrons. The van der Waals surface area contributed by atoms with Gasteiger partial charge < -0.3 is 24.7 Å². The molecule has 1 fully saturated rings. The molecule has 10 heteroatoms. The summed E-state index contributed by atoms with van der Waals surface area (Å²) in [4.78, 5) is 38.9. The number of amides is 2. The Morgan fingerprint density at radius 3 is 2.26 bits per heavy atom. The summed E-state index contributed by atoms with van der Waals surface area (Å²) in [6.07, 6.45) is -0.139. The van der Waals surface area contributed by atoms with Crippen molar-refractivity contribution >= 4 is 30.4 Å². The first kappa shape index (κ1) is 26.2. The van der Waals surface area contributed by atoms with Crippen LogP contribution < -0.4 is 11.2 Å². The predicted molar refractivity (Wildman–Crippen MR) is 125 cm³/mol. The van der Waals surface area contributed by atoms with E-state index >= 15 is 4.39 Å². The van der Waals surface area contributed by atoms with E-state index in [0.717, 1.165) is 0 Å². The lowest BCUT2D eigenvalue weighted by Crippen LogP contribution is -2.46. The Bertz CT molecular complexity index is 1000. The van der Waals surface area contributed by atoms with Gasteiger partial charge in [0.2, 0.25) is 5.91 Å². The second-order valence-corrected chi connectivity index (χ2v) is 10.9. The summed E-state index contributed by atoms with van der Waals surface area (Å²) in [5.41, 5.74) is 4.09. The predicted octanol–water partition coefficient (Wildman–Crippen LogP) is 2.62. The topological polar surface area (TPSA) is 108 Å². The van der Waals surface area contributed by atoms with Crippen molar-refractivity contribution in [3.63, 3.8) is 0 Å². The molecule has 0 bridgehead atoms. The lowest BCUT2D eigenvalue weighted by atomic mass is 9.76. The minimum Gasteiger partial charge on any atom is -0.460 e. The minimum atomic E-state index is -1.10. The van der Waals surface area contributed by atoms with E-state index in [9.17, 15) is 14.4 Å². The summed E-state index contributed by atoms with van der Waals surface area (Å²) in [7, 11) is -0.939. The first-order valence-corrected chi connectivity index (χ1v) is 11.5. The normalized spacial score (nSPS) is 22.0. The zero-order valence-corrected chi connectivity index (χ0v) is 21.2. The number of nitrogens with two attached hydrogens (primary N) is 1. The number of hydrogen-bond donors (Lipinski definition) is 1. The number of hydrogen-bond acceptors (Lipinski definition) is 6. The molecular weight excluding hydrogens is 442 g/mol. The van der Waals surface area contributed by atoms with Gasteiger partial charge in [-0.3, -0.25) is 14.4 Å². The van der Waals surface area contributed by atoms with E-state index in [1.807, 2.05) is 27.7 Å². The van der Waals surface area contributed by atoms with Crippen LogP contribution in [0.25, 0.3) is 0 Å². The molecule has 1 aromatic carbocycles. The summed E-state index contributed by atoms with van der Waals surface area (Å²) in [6.45, 7) is 14.3. The molecule has 186 valence electrons. The molecule has 8 nitrogen and oxygen atoms in total. The average molecular weight is 476 g/mol. The number of fused-ring (bicyclic) bond motifs is 1. The zero-order valence-electron chi connectivity index (χ0n) is 21.2. The molecule has 0 saturated carbocycles. The number of primary amides is 1. The van der Waals surface area contributed by atoms with Crippen LogP contribution in [0.1, 0.15) is 90.2 Å². The van der Waals surface area contributed by atoms with Crippen LogP contribution in [-0.4, -0.2) is 52.6 Å². The van der Waals surface area contributed by atoms with Gasteiger partial charge in [-0.2, -0.15) is 0 Å². The minimum absolute atomic E-state index is 0.0278. The van der Waals surface area contributed by atoms with E-state index in [0.29, 0.717) is 0 Å². The summed E-state index contributed by atoms with van der Waals surface area (Å²) >= 11 is 0. The van der Waals surface area contributed by atoms with Gasteiger partial charge in [0.25, 0.3) is 5.91 Å². The largest absolute Gasteiger partial charge is 0.497 e. The first-order chi connectivity index (χ1) is 15.5. The number of benzene rings is 1. The Balaban J connectivity index is 1.87. The molecule has 2 N–H and O–H groups in total. The Kier molecular flexibility index (Phi) is 6.65. The van der Waals surface area contributed by atoms with E-state index in [2.05, 4.69) is 0 Å². The Labute approximate surface area is 200 Å². The van der Waals surface area contributed by atoms with Gasteiger partial charge >= 0.3 is 13.1 Å². The Hall–Kier alpha value is -2.46. The van der Waals surface area contributed by atoms with Crippen molar-refractivity contribution in [1.82, 2.24) is 4.90 Å². The van der Waals surface area contributed by atoms with Gasteiger partial charge in [0.15, 0.2) is 0 Å². The van der Waals surface area contributed by atoms with Gasteiger partial charge in [-0.1, -0.05) is 6.07 Å². The molecule has 0 spiro atoms. The van der Waals surface area contributed by atoms with Crippen LogP contribution >= 0.6 is 0 Å². The molecule has 3 rings (SSSR count). The molecule has 1 aromatic rings. The fourth-order valence-corrected chi connectivity index (χ4v) is 4.29. The SMILES string of the molecule is CC1c2c(ccc(B3OC(C)(C)C(C)(C)O3)c2F)C(=O)N1C(CCC(=O)OC(C)(C)C)C(N)=O. The van der Waals surface area contributed by atoms with Crippen LogP contribution in [0.2, 0.25) is 0 Å². The highest BCUT2D eigenvalue weighted by Gasteiger charge is 2.53. The molecule has 2 aliphatic heterocycles. The first-order valence-electron chi connectivity index (χ1n) is 11.5. The van der Waals surface area contributed by atoms with Gasteiger partial charge in [0.05, 0.1) is 17.2 Å². The zero-order chi connectivity index (χ0) is 25.8. The molecule has 2 unspecified atom stereocenters. The van der Waals surface area contributed by atoms with Crippen molar-refractivity contribution in [2.75, 3.05) is 0 Å². The molecule has 2 aliphatic rings. The van der Waals surface area contributed by atoms with E-state index < -0.39 is 59.6 Å². The number of ether oxygens (including phenoxy) is 1. The van der Waals surface area contributed by atoms with E-state index in [-0.39, 0.29) is 29.4 Å². The third kappa shape index (κ3) is 4.70. The fraction of sp³-hybridized carbons (Fsp3) is 0.625. The molecule has 0 aromatic heterocycles. The van der Waals surface area contributed by atoms with Crippen molar-refractivity contribution in [3.8, 4) is 0 Å². The number of rotatable bonds is 6. The lowest BCUT2D eigenvalue weighted by molar-refractivity contribution is -0.155. The second kappa shape index (κ2) is 8.64. The van der Waals surface area contributed by atoms with E-state index in [1.54, 1.807) is 27.7 Å². The smallest absolute Gasteiger partial charge is 0.460 e. The van der Waals surface area contributed by atoms with Crippen LogP contribution in [0, 0.1) is 5.82 Å². The van der Waals surface area contributed by atoms with Crippen LogP contribution in [0.5, 0.6) is 0 Å². The number of carbonyl (C=O) groups is 3. The van der Waals surface area contributed by atoms with Crippen molar-refractivity contribution in [3.05, 3.63) is 29.1 Å². The molecule has 1 saturated heterocycles. The maximum Gasteiger partial charge on any atom is 0.497 e.